The molecule has 1 N–H and O–H groups in total. The minimum Gasteiger partial charge on any atom is -0.463 e. The maximum Gasteiger partial charge on any atom is 0.333 e. The summed E-state index contributed by atoms with van der Waals surface area (Å²) in [6, 6.07) is 7.31. The van der Waals surface area contributed by atoms with Crippen molar-refractivity contribution >= 4 is 52.4 Å². The summed E-state index contributed by atoms with van der Waals surface area (Å²) >= 11 is 2.59. The molecule has 0 aliphatic heterocycles. The molecule has 150 valence electrons. The van der Waals surface area contributed by atoms with Crippen LogP contribution in [0.3, 0.4) is 0 Å². The Labute approximate surface area is 173 Å². The zero-order valence-corrected chi connectivity index (χ0v) is 17.0. The number of ether oxygens (including phenoxy) is 1. The first kappa shape index (κ1) is 20.7. The number of thiophene rings is 1. The summed E-state index contributed by atoms with van der Waals surface area (Å²) in [7, 11) is 0. The second-order valence-corrected chi connectivity index (χ2v) is 7.69. The van der Waals surface area contributed by atoms with Crippen molar-refractivity contribution in [3.8, 4) is 0 Å². The fourth-order valence-electron chi connectivity index (χ4n) is 2.50. The van der Waals surface area contributed by atoms with E-state index in [9.17, 15) is 18.8 Å². The summed E-state index contributed by atoms with van der Waals surface area (Å²) in [4.78, 5) is 37.1. The maximum absolute atomic E-state index is 13.3. The molecule has 0 saturated heterocycles. The Morgan fingerprint density at radius 3 is 2.83 bits per heavy atom. The van der Waals surface area contributed by atoms with Gasteiger partial charge in [0.2, 0.25) is 5.91 Å². The number of thiazole rings is 1. The molecule has 0 atom stereocenters. The molecule has 0 fully saturated rings. The van der Waals surface area contributed by atoms with Crippen molar-refractivity contribution in [2.75, 3.05) is 11.9 Å². The maximum atomic E-state index is 13.3. The highest BCUT2D eigenvalue weighted by atomic mass is 32.1. The molecule has 0 radical (unpaired) electrons. The number of nitrogens with one attached hydrogen (secondary N) is 1. The van der Waals surface area contributed by atoms with Crippen LogP contribution >= 0.6 is 22.7 Å². The van der Waals surface area contributed by atoms with Crippen LogP contribution in [-0.4, -0.2) is 23.1 Å². The average molecular weight is 432 g/mol. The lowest BCUT2D eigenvalue weighted by atomic mass is 10.3. The van der Waals surface area contributed by atoms with Gasteiger partial charge in [0.1, 0.15) is 17.0 Å². The van der Waals surface area contributed by atoms with E-state index >= 15 is 0 Å². The average Bonchev–Trinajstić information content (AvgIpc) is 3.26. The van der Waals surface area contributed by atoms with Gasteiger partial charge in [0, 0.05) is 5.69 Å². The molecule has 0 aliphatic rings. The van der Waals surface area contributed by atoms with E-state index in [2.05, 4.69) is 5.32 Å². The van der Waals surface area contributed by atoms with Crippen LogP contribution in [0.25, 0.3) is 12.2 Å². The molecule has 6 nitrogen and oxygen atoms in total. The number of esters is 1. The zero-order valence-electron chi connectivity index (χ0n) is 15.4. The standard InChI is InChI=1S/C20H17FN2O4S2/c1-2-27-19(25)10-18-23(11-17(24)22-15-5-3-4-14(21)9-15)20(26)16(29-18)8-13-6-7-28-12-13/h3-10,12H,2,11H2,1H3,(H,22,24). The Morgan fingerprint density at radius 2 is 2.14 bits per heavy atom. The van der Waals surface area contributed by atoms with E-state index in [1.807, 2.05) is 16.8 Å². The fraction of sp³-hybridized carbons (Fsp3) is 0.150. The smallest absolute Gasteiger partial charge is 0.333 e. The van der Waals surface area contributed by atoms with Crippen LogP contribution in [0.2, 0.25) is 0 Å². The number of carbonyl (C=O) groups excluding carboxylic acids is 2. The number of aromatic nitrogens is 1. The molecule has 1 aromatic carbocycles. The summed E-state index contributed by atoms with van der Waals surface area (Å²) in [5, 5.41) is 6.32. The first-order chi connectivity index (χ1) is 14.0. The number of hydrogen-bond acceptors (Lipinski definition) is 6. The molecule has 3 aromatic rings. The molecule has 9 heteroatoms. The molecule has 0 saturated carbocycles. The summed E-state index contributed by atoms with van der Waals surface area (Å²) in [6.07, 6.45) is 2.89. The molecule has 29 heavy (non-hydrogen) atoms. The van der Waals surface area contributed by atoms with Gasteiger partial charge in [0.25, 0.3) is 5.56 Å². The summed E-state index contributed by atoms with van der Waals surface area (Å²) in [6.45, 7) is 1.54. The number of halogens is 1. The van der Waals surface area contributed by atoms with Gasteiger partial charge in [-0.15, -0.1) is 11.3 Å². The van der Waals surface area contributed by atoms with E-state index in [1.54, 1.807) is 19.1 Å². The van der Waals surface area contributed by atoms with E-state index in [0.717, 1.165) is 16.9 Å². The highest BCUT2D eigenvalue weighted by Gasteiger charge is 2.12. The van der Waals surface area contributed by atoms with Crippen LogP contribution in [0.1, 0.15) is 12.5 Å². The Morgan fingerprint density at radius 1 is 1.31 bits per heavy atom. The quantitative estimate of drug-likeness (QED) is 0.604. The third-order valence-electron chi connectivity index (χ3n) is 3.72. The van der Waals surface area contributed by atoms with Crippen molar-refractivity contribution in [1.82, 2.24) is 4.57 Å². The van der Waals surface area contributed by atoms with Crippen molar-refractivity contribution in [2.45, 2.75) is 13.5 Å². The van der Waals surface area contributed by atoms with E-state index < -0.39 is 23.3 Å². The second kappa shape index (κ2) is 9.44. The molecule has 0 unspecified atom stereocenters. The predicted molar refractivity (Wildman–Crippen MR) is 112 cm³/mol. The van der Waals surface area contributed by atoms with Gasteiger partial charge in [-0.2, -0.15) is 11.3 Å². The van der Waals surface area contributed by atoms with Gasteiger partial charge in [-0.05, 0) is 53.6 Å². The van der Waals surface area contributed by atoms with Gasteiger partial charge in [-0.25, -0.2) is 9.18 Å². The van der Waals surface area contributed by atoms with E-state index in [1.165, 1.54) is 40.2 Å². The van der Waals surface area contributed by atoms with Crippen molar-refractivity contribution < 1.29 is 18.7 Å². The van der Waals surface area contributed by atoms with Crippen molar-refractivity contribution in [3.05, 3.63) is 72.0 Å². The van der Waals surface area contributed by atoms with E-state index in [4.69, 9.17) is 4.74 Å². The van der Waals surface area contributed by atoms with Gasteiger partial charge in [0.15, 0.2) is 0 Å². The Balaban J connectivity index is 1.97. The van der Waals surface area contributed by atoms with Crippen LogP contribution in [-0.2, 0) is 20.9 Å². The van der Waals surface area contributed by atoms with Crippen LogP contribution in [0.5, 0.6) is 0 Å². The molecule has 0 bridgehead atoms. The van der Waals surface area contributed by atoms with E-state index in [0.29, 0.717) is 9.20 Å². The molecule has 1 amide bonds. The second-order valence-electron chi connectivity index (χ2n) is 5.85. The van der Waals surface area contributed by atoms with Crippen LogP contribution in [0, 0.1) is 5.82 Å². The van der Waals surface area contributed by atoms with Gasteiger partial charge in [0.05, 0.1) is 17.2 Å². The summed E-state index contributed by atoms with van der Waals surface area (Å²) < 4.78 is 20.1. The molecular weight excluding hydrogens is 415 g/mol. The molecule has 2 aromatic heterocycles. The molecular formula is C20H17FN2O4S2. The van der Waals surface area contributed by atoms with Gasteiger partial charge in [-0.3, -0.25) is 14.2 Å². The lowest BCUT2D eigenvalue weighted by Gasteiger charge is -2.06. The Hall–Kier alpha value is -3.04. The normalized spacial score (nSPS) is 12.2. The number of anilines is 1. The number of benzene rings is 1. The zero-order chi connectivity index (χ0) is 20.8. The largest absolute Gasteiger partial charge is 0.463 e. The minimum atomic E-state index is -0.602. The third-order valence-corrected chi connectivity index (χ3v) is 5.48. The first-order valence-electron chi connectivity index (χ1n) is 8.63. The van der Waals surface area contributed by atoms with Gasteiger partial charge < -0.3 is 10.1 Å². The van der Waals surface area contributed by atoms with Crippen LogP contribution in [0.4, 0.5) is 10.1 Å². The first-order valence-corrected chi connectivity index (χ1v) is 10.4. The fourth-order valence-corrected chi connectivity index (χ4v) is 4.15. The SMILES string of the molecule is CCOC(=O)C=c1sc(=Cc2ccsc2)c(=O)n1CC(=O)Nc1cccc(F)c1. The highest BCUT2D eigenvalue weighted by Crippen LogP contribution is 2.09. The number of rotatable bonds is 6. The topological polar surface area (TPSA) is 77.4 Å². The minimum absolute atomic E-state index is 0.193. The molecule has 0 spiro atoms. The van der Waals surface area contributed by atoms with Crippen LogP contribution < -0.4 is 20.1 Å². The molecule has 2 heterocycles. The number of carbonyl (C=O) groups is 2. The summed E-state index contributed by atoms with van der Waals surface area (Å²) in [5.41, 5.74) is 0.734. The number of nitrogens with zero attached hydrogens (tertiary/aromatic N) is 1. The summed E-state index contributed by atoms with van der Waals surface area (Å²) in [5.74, 6) is -1.61. The molecule has 0 aliphatic carbocycles. The van der Waals surface area contributed by atoms with Crippen molar-refractivity contribution in [3.63, 3.8) is 0 Å². The Bertz CT molecular complexity index is 1200. The highest BCUT2D eigenvalue weighted by molar-refractivity contribution is 7.08. The number of hydrogen-bond donors (Lipinski definition) is 1. The lowest BCUT2D eigenvalue weighted by molar-refractivity contribution is -0.135. The molecule has 3 rings (SSSR count). The van der Waals surface area contributed by atoms with Gasteiger partial charge in [-0.1, -0.05) is 6.07 Å². The van der Waals surface area contributed by atoms with Crippen molar-refractivity contribution in [2.24, 2.45) is 0 Å². The number of amides is 1. The Kier molecular flexibility index (Phi) is 6.73. The van der Waals surface area contributed by atoms with Crippen LogP contribution in [0.15, 0.2) is 45.9 Å². The predicted octanol–water partition coefficient (Wildman–Crippen LogP) is 1.92. The third kappa shape index (κ3) is 5.49. The van der Waals surface area contributed by atoms with Gasteiger partial charge >= 0.3 is 5.97 Å². The lowest BCUT2D eigenvalue weighted by Crippen LogP contribution is -2.36. The monoisotopic (exact) mass is 432 g/mol. The van der Waals surface area contributed by atoms with E-state index in [-0.39, 0.29) is 18.8 Å². The van der Waals surface area contributed by atoms with Crippen molar-refractivity contribution in [1.29, 1.82) is 0 Å².